The quantitative estimate of drug-likeness (QED) is 0.876. The van der Waals surface area contributed by atoms with Crippen LogP contribution in [0.1, 0.15) is 5.56 Å². The molecule has 0 unspecified atom stereocenters. The third kappa shape index (κ3) is 3.33. The number of nitrogens with one attached hydrogen (secondary N) is 1. The van der Waals surface area contributed by atoms with E-state index in [-0.39, 0.29) is 21.8 Å². The highest BCUT2D eigenvalue weighted by Gasteiger charge is 2.16. The summed E-state index contributed by atoms with van der Waals surface area (Å²) >= 11 is 2.98. The van der Waals surface area contributed by atoms with Crippen molar-refractivity contribution in [3.05, 3.63) is 52.4 Å². The predicted octanol–water partition coefficient (Wildman–Crippen LogP) is 2.28. The number of nitrogens with zero attached hydrogens (tertiary/aromatic N) is 1. The van der Waals surface area contributed by atoms with Crippen LogP contribution in [0.4, 0.5) is 10.1 Å². The Morgan fingerprint density at radius 3 is 2.60 bits per heavy atom. The highest BCUT2D eigenvalue weighted by molar-refractivity contribution is 9.10. The first-order chi connectivity index (χ1) is 9.42. The monoisotopic (exact) mass is 360 g/mol. The van der Waals surface area contributed by atoms with E-state index in [2.05, 4.69) is 25.6 Å². The zero-order valence-corrected chi connectivity index (χ0v) is 12.4. The van der Waals surface area contributed by atoms with Crippen molar-refractivity contribution < 1.29 is 17.9 Å². The topological polar surface area (TPSA) is 79.3 Å². The molecule has 0 aliphatic rings. The van der Waals surface area contributed by atoms with Gasteiger partial charge in [-0.15, -0.1) is 0 Å². The third-order valence-corrected chi connectivity index (χ3v) is 4.33. The van der Waals surface area contributed by atoms with E-state index in [0.29, 0.717) is 5.56 Å². The van der Waals surface area contributed by atoms with Crippen LogP contribution in [0.3, 0.4) is 0 Å². The number of hydrogen-bond donors (Lipinski definition) is 2. The van der Waals surface area contributed by atoms with Crippen molar-refractivity contribution in [1.29, 1.82) is 0 Å². The van der Waals surface area contributed by atoms with Crippen molar-refractivity contribution >= 4 is 31.6 Å². The molecule has 0 amide bonds. The average Bonchev–Trinajstić information content (AvgIpc) is 2.43. The van der Waals surface area contributed by atoms with E-state index >= 15 is 0 Å². The van der Waals surface area contributed by atoms with Crippen LogP contribution in [0.15, 0.2) is 46.0 Å². The van der Waals surface area contributed by atoms with Crippen LogP contribution < -0.4 is 4.72 Å². The maximum absolute atomic E-state index is 13.1. The molecule has 1 aromatic carbocycles. The lowest BCUT2D eigenvalue weighted by Crippen LogP contribution is -2.14. The van der Waals surface area contributed by atoms with Gasteiger partial charge in [0, 0.05) is 6.20 Å². The van der Waals surface area contributed by atoms with Crippen LogP contribution >= 0.6 is 15.9 Å². The second-order valence-electron chi connectivity index (χ2n) is 3.90. The first-order valence-corrected chi connectivity index (χ1v) is 7.73. The Balaban J connectivity index is 2.27. The molecule has 0 aliphatic heterocycles. The minimum absolute atomic E-state index is 0.154. The number of aliphatic hydroxyl groups is 1. The molecule has 0 radical (unpaired) electrons. The van der Waals surface area contributed by atoms with Gasteiger partial charge in [-0.25, -0.2) is 9.37 Å². The largest absolute Gasteiger partial charge is 0.392 e. The van der Waals surface area contributed by atoms with Gasteiger partial charge in [0.2, 0.25) is 0 Å². The summed E-state index contributed by atoms with van der Waals surface area (Å²) in [6.45, 7) is -0.217. The number of pyridine rings is 1. The highest BCUT2D eigenvalue weighted by atomic mass is 79.9. The van der Waals surface area contributed by atoms with E-state index in [0.717, 1.165) is 6.07 Å². The summed E-state index contributed by atoms with van der Waals surface area (Å²) in [5.74, 6) is -0.488. The lowest BCUT2D eigenvalue weighted by atomic mass is 10.3. The number of benzene rings is 1. The van der Waals surface area contributed by atoms with Crippen LogP contribution in [0.25, 0.3) is 0 Å². The molecule has 2 rings (SSSR count). The minimum atomic E-state index is -3.85. The summed E-state index contributed by atoms with van der Waals surface area (Å²) in [4.78, 5) is 3.76. The molecule has 0 spiro atoms. The fraction of sp³-hybridized carbons (Fsp3) is 0.0833. The molecule has 0 saturated carbocycles. The lowest BCUT2D eigenvalue weighted by Gasteiger charge is -2.08. The van der Waals surface area contributed by atoms with Crippen molar-refractivity contribution in [2.45, 2.75) is 11.6 Å². The van der Waals surface area contributed by atoms with Crippen LogP contribution in [0.2, 0.25) is 0 Å². The molecule has 20 heavy (non-hydrogen) atoms. The molecular weight excluding hydrogens is 351 g/mol. The van der Waals surface area contributed by atoms with E-state index in [1.54, 1.807) is 0 Å². The SMILES string of the molecule is O=S(=O)(Nc1ccc(F)c(Br)c1)c1ccc(CO)cn1. The van der Waals surface area contributed by atoms with Gasteiger partial charge in [-0.3, -0.25) is 4.72 Å². The second kappa shape index (κ2) is 5.86. The molecule has 8 heteroatoms. The molecule has 0 fully saturated rings. The van der Waals surface area contributed by atoms with E-state index in [4.69, 9.17) is 5.11 Å². The summed E-state index contributed by atoms with van der Waals surface area (Å²) in [6, 6.07) is 6.51. The molecule has 2 N–H and O–H groups in total. The van der Waals surface area contributed by atoms with Gasteiger partial charge in [-0.2, -0.15) is 8.42 Å². The second-order valence-corrected chi connectivity index (χ2v) is 6.38. The van der Waals surface area contributed by atoms with E-state index in [9.17, 15) is 12.8 Å². The Labute approximate surface area is 123 Å². The van der Waals surface area contributed by atoms with Gasteiger partial charge < -0.3 is 5.11 Å². The van der Waals surface area contributed by atoms with Crippen molar-refractivity contribution in [2.24, 2.45) is 0 Å². The maximum atomic E-state index is 13.1. The standard InChI is InChI=1S/C12H10BrFN2O3S/c13-10-5-9(2-3-11(10)14)16-20(18,19)12-4-1-8(7-17)6-15-12/h1-6,16-17H,7H2. The Morgan fingerprint density at radius 2 is 2.05 bits per heavy atom. The van der Waals surface area contributed by atoms with Crippen LogP contribution in [0.5, 0.6) is 0 Å². The molecule has 0 saturated heterocycles. The van der Waals surface area contributed by atoms with E-state index < -0.39 is 15.8 Å². The van der Waals surface area contributed by atoms with E-state index in [1.807, 2.05) is 0 Å². The summed E-state index contributed by atoms with van der Waals surface area (Å²) < 4.78 is 39.6. The Hall–Kier alpha value is -1.51. The summed E-state index contributed by atoms with van der Waals surface area (Å²) in [6.07, 6.45) is 1.27. The number of halogens is 2. The zero-order chi connectivity index (χ0) is 14.8. The van der Waals surface area contributed by atoms with Gasteiger partial charge in [0.1, 0.15) is 5.82 Å². The molecule has 5 nitrogen and oxygen atoms in total. The van der Waals surface area contributed by atoms with Gasteiger partial charge in [-0.05, 0) is 45.8 Å². The molecule has 0 aliphatic carbocycles. The smallest absolute Gasteiger partial charge is 0.279 e. The Morgan fingerprint density at radius 1 is 1.30 bits per heavy atom. The molecule has 0 atom stereocenters. The van der Waals surface area contributed by atoms with Gasteiger partial charge in [0.15, 0.2) is 5.03 Å². The summed E-state index contributed by atoms with van der Waals surface area (Å²) in [5.41, 5.74) is 0.722. The third-order valence-electron chi connectivity index (χ3n) is 2.43. The molecule has 1 heterocycles. The predicted molar refractivity (Wildman–Crippen MR) is 75.1 cm³/mol. The van der Waals surface area contributed by atoms with Crippen LogP contribution in [0, 0.1) is 5.82 Å². The molecule has 1 aromatic heterocycles. The highest BCUT2D eigenvalue weighted by Crippen LogP contribution is 2.22. The van der Waals surface area contributed by atoms with Crippen LogP contribution in [-0.4, -0.2) is 18.5 Å². The number of aliphatic hydroxyl groups excluding tert-OH is 1. The fourth-order valence-electron chi connectivity index (χ4n) is 1.43. The molecular formula is C12H10BrFN2O3S. The van der Waals surface area contributed by atoms with Crippen molar-refractivity contribution in [1.82, 2.24) is 4.98 Å². The number of anilines is 1. The Bertz CT molecular complexity index is 720. The van der Waals surface area contributed by atoms with Gasteiger partial charge in [-0.1, -0.05) is 6.07 Å². The number of hydrogen-bond acceptors (Lipinski definition) is 4. The maximum Gasteiger partial charge on any atom is 0.279 e. The first-order valence-electron chi connectivity index (χ1n) is 5.46. The summed E-state index contributed by atoms with van der Waals surface area (Å²) in [7, 11) is -3.85. The molecule has 106 valence electrons. The van der Waals surface area contributed by atoms with Crippen molar-refractivity contribution in [2.75, 3.05) is 4.72 Å². The van der Waals surface area contributed by atoms with Crippen molar-refractivity contribution in [3.8, 4) is 0 Å². The Kier molecular flexibility index (Phi) is 4.36. The van der Waals surface area contributed by atoms with Crippen molar-refractivity contribution in [3.63, 3.8) is 0 Å². The van der Waals surface area contributed by atoms with Crippen LogP contribution in [-0.2, 0) is 16.6 Å². The lowest BCUT2D eigenvalue weighted by molar-refractivity contribution is 0.281. The molecule has 0 bridgehead atoms. The van der Waals surface area contributed by atoms with Gasteiger partial charge in [0.25, 0.3) is 10.0 Å². The van der Waals surface area contributed by atoms with E-state index in [1.165, 1.54) is 30.5 Å². The first kappa shape index (κ1) is 14.9. The average molecular weight is 361 g/mol. The summed E-state index contributed by atoms with van der Waals surface area (Å²) in [5, 5.41) is 8.69. The number of aromatic nitrogens is 1. The number of rotatable bonds is 4. The van der Waals surface area contributed by atoms with Gasteiger partial charge >= 0.3 is 0 Å². The molecule has 2 aromatic rings. The number of sulfonamides is 1. The fourth-order valence-corrected chi connectivity index (χ4v) is 2.79. The van der Waals surface area contributed by atoms with Gasteiger partial charge in [0.05, 0.1) is 16.8 Å². The zero-order valence-electron chi connectivity index (χ0n) is 10.0. The normalized spacial score (nSPS) is 11.3. The minimum Gasteiger partial charge on any atom is -0.392 e.